The monoisotopic (exact) mass is 482 g/mol. The Balaban J connectivity index is 1.85. The molecule has 35 heavy (non-hydrogen) atoms. The van der Waals surface area contributed by atoms with Gasteiger partial charge in [-0.15, -0.1) is 0 Å². The van der Waals surface area contributed by atoms with Crippen LogP contribution in [0.4, 0.5) is 10.5 Å². The number of likely N-dealkylation sites (N-methyl/N-ethyl adjacent to an activating group) is 1. The van der Waals surface area contributed by atoms with Gasteiger partial charge in [0.15, 0.2) is 0 Å². The maximum Gasteiger partial charge on any atom is 0.321 e. The van der Waals surface area contributed by atoms with Crippen molar-refractivity contribution in [3.05, 3.63) is 53.7 Å². The number of nitrogens with zero attached hydrogens (tertiary/aromatic N) is 3. The van der Waals surface area contributed by atoms with Crippen molar-refractivity contribution in [1.82, 2.24) is 14.8 Å². The summed E-state index contributed by atoms with van der Waals surface area (Å²) in [6.45, 7) is 6.12. The molecule has 0 saturated carbocycles. The Morgan fingerprint density at radius 2 is 2.20 bits per heavy atom. The number of aliphatic hydroxyl groups is 1. The van der Waals surface area contributed by atoms with E-state index in [9.17, 15) is 14.7 Å². The van der Waals surface area contributed by atoms with Crippen molar-refractivity contribution in [1.29, 1.82) is 0 Å². The number of hydrogen-bond acceptors (Lipinski definition) is 6. The molecule has 0 aliphatic carbocycles. The van der Waals surface area contributed by atoms with Crippen LogP contribution in [0, 0.1) is 5.92 Å². The minimum absolute atomic E-state index is 0.134. The Kier molecular flexibility index (Phi) is 8.70. The number of aromatic nitrogens is 1. The molecule has 2 aromatic rings. The summed E-state index contributed by atoms with van der Waals surface area (Å²) in [5, 5.41) is 12.6. The molecular weight excluding hydrogens is 448 g/mol. The van der Waals surface area contributed by atoms with Gasteiger partial charge in [-0.3, -0.25) is 4.79 Å². The molecule has 3 amide bonds. The molecule has 0 bridgehead atoms. The molecule has 2 N–H and O–H groups in total. The van der Waals surface area contributed by atoms with Crippen LogP contribution in [0.1, 0.15) is 36.7 Å². The SMILES string of the molecule is C/C=C/c1cnc2c(c1)C(=O)N([C@H](C)CO)C[C@H](C)[C@H](CN(C)C(=O)Nc1cccc(OC)c1)O2. The number of benzene rings is 1. The zero-order valence-electron chi connectivity index (χ0n) is 20.9. The summed E-state index contributed by atoms with van der Waals surface area (Å²) in [4.78, 5) is 33.9. The van der Waals surface area contributed by atoms with Crippen LogP contribution in [0.15, 0.2) is 42.6 Å². The van der Waals surface area contributed by atoms with Gasteiger partial charge < -0.3 is 29.7 Å². The van der Waals surface area contributed by atoms with E-state index >= 15 is 0 Å². The molecule has 0 fully saturated rings. The van der Waals surface area contributed by atoms with Gasteiger partial charge >= 0.3 is 6.03 Å². The number of carbonyl (C=O) groups is 2. The van der Waals surface area contributed by atoms with E-state index in [0.29, 0.717) is 23.5 Å². The summed E-state index contributed by atoms with van der Waals surface area (Å²) in [7, 11) is 3.26. The Labute approximate surface area is 206 Å². The summed E-state index contributed by atoms with van der Waals surface area (Å²) < 4.78 is 11.5. The first-order chi connectivity index (χ1) is 16.8. The topological polar surface area (TPSA) is 104 Å². The molecule has 0 spiro atoms. The first kappa shape index (κ1) is 26.0. The summed E-state index contributed by atoms with van der Waals surface area (Å²) in [5.41, 5.74) is 1.73. The van der Waals surface area contributed by atoms with E-state index in [4.69, 9.17) is 9.47 Å². The van der Waals surface area contributed by atoms with E-state index in [1.165, 1.54) is 4.90 Å². The van der Waals surface area contributed by atoms with Crippen LogP contribution in [0.25, 0.3) is 6.08 Å². The lowest BCUT2D eigenvalue weighted by Crippen LogP contribution is -2.50. The highest BCUT2D eigenvalue weighted by Crippen LogP contribution is 2.28. The molecule has 0 saturated heterocycles. The summed E-state index contributed by atoms with van der Waals surface area (Å²) in [6, 6.07) is 8.19. The molecule has 1 aromatic heterocycles. The maximum atomic E-state index is 13.4. The highest BCUT2D eigenvalue weighted by Gasteiger charge is 2.34. The molecule has 2 heterocycles. The third-order valence-electron chi connectivity index (χ3n) is 6.02. The largest absolute Gasteiger partial charge is 0.497 e. The molecule has 188 valence electrons. The molecule has 1 aromatic carbocycles. The third kappa shape index (κ3) is 6.30. The van der Waals surface area contributed by atoms with Gasteiger partial charge in [-0.25, -0.2) is 9.78 Å². The fourth-order valence-electron chi connectivity index (χ4n) is 3.89. The number of anilines is 1. The Morgan fingerprint density at radius 3 is 2.89 bits per heavy atom. The number of ether oxygens (including phenoxy) is 2. The maximum absolute atomic E-state index is 13.4. The predicted octanol–water partition coefficient (Wildman–Crippen LogP) is 3.51. The highest BCUT2D eigenvalue weighted by molar-refractivity contribution is 5.97. The second-order valence-corrected chi connectivity index (χ2v) is 8.79. The minimum Gasteiger partial charge on any atom is -0.497 e. The van der Waals surface area contributed by atoms with Crippen molar-refractivity contribution in [3.8, 4) is 11.6 Å². The van der Waals surface area contributed by atoms with E-state index in [1.54, 1.807) is 62.5 Å². The van der Waals surface area contributed by atoms with Crippen molar-refractivity contribution in [2.45, 2.75) is 32.9 Å². The average Bonchev–Trinajstić information content (AvgIpc) is 2.86. The molecule has 0 unspecified atom stereocenters. The number of urea groups is 1. The Bertz CT molecular complexity index is 1070. The lowest BCUT2D eigenvalue weighted by atomic mass is 10.00. The summed E-state index contributed by atoms with van der Waals surface area (Å²) in [6.07, 6.45) is 4.94. The van der Waals surface area contributed by atoms with Crippen LogP contribution in [0.5, 0.6) is 11.6 Å². The van der Waals surface area contributed by atoms with Crippen molar-refractivity contribution in [3.63, 3.8) is 0 Å². The van der Waals surface area contributed by atoms with Crippen molar-refractivity contribution in [2.24, 2.45) is 5.92 Å². The normalized spacial score (nSPS) is 18.8. The second-order valence-electron chi connectivity index (χ2n) is 8.79. The molecule has 3 atom stereocenters. The van der Waals surface area contributed by atoms with Gasteiger partial charge in [0.25, 0.3) is 5.91 Å². The van der Waals surface area contributed by atoms with E-state index in [-0.39, 0.29) is 42.9 Å². The second kappa shape index (κ2) is 11.7. The summed E-state index contributed by atoms with van der Waals surface area (Å²) in [5.74, 6) is 0.488. The van der Waals surface area contributed by atoms with Gasteiger partial charge in [0, 0.05) is 37.5 Å². The van der Waals surface area contributed by atoms with E-state index in [2.05, 4.69) is 10.3 Å². The highest BCUT2D eigenvalue weighted by atomic mass is 16.5. The summed E-state index contributed by atoms with van der Waals surface area (Å²) >= 11 is 0. The molecular formula is C26H34N4O5. The number of methoxy groups -OCH3 is 1. The first-order valence-corrected chi connectivity index (χ1v) is 11.6. The standard InChI is InChI=1S/C26H34N4O5/c1-6-8-19-11-22-24(27-13-19)35-23(17(2)14-30(25(22)32)18(3)16-31)15-29(4)26(33)28-20-9-7-10-21(12-20)34-5/h6-13,17-18,23,31H,14-16H2,1-5H3,(H,28,33)/b8-6+/t17-,18+,23-/m0/s1. The van der Waals surface area contributed by atoms with Crippen LogP contribution >= 0.6 is 0 Å². The molecule has 9 nitrogen and oxygen atoms in total. The molecule has 1 aliphatic rings. The zero-order chi connectivity index (χ0) is 25.5. The van der Waals surface area contributed by atoms with E-state index < -0.39 is 6.10 Å². The van der Waals surface area contributed by atoms with Gasteiger partial charge in [0.05, 0.1) is 26.3 Å². The zero-order valence-corrected chi connectivity index (χ0v) is 20.9. The molecule has 3 rings (SSSR count). The number of hydrogen-bond donors (Lipinski definition) is 2. The fraction of sp³-hybridized carbons (Fsp3) is 0.423. The van der Waals surface area contributed by atoms with Gasteiger partial charge in [-0.2, -0.15) is 0 Å². The third-order valence-corrected chi connectivity index (χ3v) is 6.02. The van der Waals surface area contributed by atoms with Crippen molar-refractivity contribution in [2.75, 3.05) is 39.2 Å². The Hall–Kier alpha value is -3.59. The number of carbonyl (C=O) groups excluding carboxylic acids is 2. The number of nitrogens with one attached hydrogen (secondary N) is 1. The molecule has 1 aliphatic heterocycles. The molecule has 0 radical (unpaired) electrons. The van der Waals surface area contributed by atoms with Crippen molar-refractivity contribution < 1.29 is 24.2 Å². The van der Waals surface area contributed by atoms with Gasteiger partial charge in [-0.1, -0.05) is 25.1 Å². The first-order valence-electron chi connectivity index (χ1n) is 11.6. The lowest BCUT2D eigenvalue weighted by molar-refractivity contribution is 0.0356. The molecule has 9 heteroatoms. The number of amides is 3. The van der Waals surface area contributed by atoms with E-state index in [1.807, 2.05) is 26.0 Å². The van der Waals surface area contributed by atoms with Gasteiger partial charge in [0.2, 0.25) is 5.88 Å². The number of rotatable bonds is 7. The number of pyridine rings is 1. The minimum atomic E-state index is -0.434. The van der Waals surface area contributed by atoms with Crippen LogP contribution in [0.2, 0.25) is 0 Å². The van der Waals surface area contributed by atoms with Crippen molar-refractivity contribution >= 4 is 23.7 Å². The van der Waals surface area contributed by atoms with Crippen LogP contribution in [-0.4, -0.2) is 77.8 Å². The van der Waals surface area contributed by atoms with Crippen LogP contribution in [-0.2, 0) is 0 Å². The predicted molar refractivity (Wildman–Crippen MR) is 135 cm³/mol. The number of fused-ring (bicyclic) bond motifs is 1. The Morgan fingerprint density at radius 1 is 1.43 bits per heavy atom. The lowest BCUT2D eigenvalue weighted by Gasteiger charge is -2.37. The van der Waals surface area contributed by atoms with Gasteiger partial charge in [0.1, 0.15) is 17.4 Å². The average molecular weight is 483 g/mol. The van der Waals surface area contributed by atoms with E-state index in [0.717, 1.165) is 5.56 Å². The number of allylic oxidation sites excluding steroid dienone is 1. The van der Waals surface area contributed by atoms with Gasteiger partial charge in [-0.05, 0) is 37.6 Å². The smallest absolute Gasteiger partial charge is 0.321 e. The number of aliphatic hydroxyl groups excluding tert-OH is 1. The fourth-order valence-corrected chi connectivity index (χ4v) is 3.89. The quantitative estimate of drug-likeness (QED) is 0.626. The van der Waals surface area contributed by atoms with Crippen LogP contribution in [0.3, 0.4) is 0 Å². The van der Waals surface area contributed by atoms with Crippen LogP contribution < -0.4 is 14.8 Å².